The third kappa shape index (κ3) is 57.5. The summed E-state index contributed by atoms with van der Waals surface area (Å²) in [4.78, 5) is 24.6. The van der Waals surface area contributed by atoms with E-state index in [9.17, 15) is 19.8 Å². The zero-order chi connectivity index (χ0) is 51.4. The van der Waals surface area contributed by atoms with Crippen LogP contribution in [0.4, 0.5) is 0 Å². The average Bonchev–Trinajstić information content (AvgIpc) is 3.37. The van der Waals surface area contributed by atoms with Crippen molar-refractivity contribution in [2.75, 3.05) is 13.2 Å². The Kier molecular flexibility index (Phi) is 59.5. The van der Waals surface area contributed by atoms with Gasteiger partial charge in [0.05, 0.1) is 25.4 Å². The maximum Gasteiger partial charge on any atom is 0.305 e. The minimum absolute atomic E-state index is 0.00366. The number of aliphatic hydroxyl groups excluding tert-OH is 2. The number of aliphatic hydroxyl groups is 2. The molecule has 0 aromatic heterocycles. The molecule has 1 amide bonds. The minimum Gasteiger partial charge on any atom is -0.466 e. The normalized spacial score (nSPS) is 12.7. The lowest BCUT2D eigenvalue weighted by atomic mass is 10.0. The van der Waals surface area contributed by atoms with Gasteiger partial charge in [0, 0.05) is 12.8 Å². The van der Waals surface area contributed by atoms with E-state index in [0.29, 0.717) is 25.9 Å². The van der Waals surface area contributed by atoms with Crippen molar-refractivity contribution in [2.24, 2.45) is 0 Å². The van der Waals surface area contributed by atoms with Crippen LogP contribution in [0.25, 0.3) is 0 Å². The van der Waals surface area contributed by atoms with Gasteiger partial charge in [-0.05, 0) is 77.0 Å². The monoisotopic (exact) mass is 1000 g/mol. The largest absolute Gasteiger partial charge is 0.466 e. The van der Waals surface area contributed by atoms with Gasteiger partial charge in [0.1, 0.15) is 0 Å². The second kappa shape index (κ2) is 60.9. The highest BCUT2D eigenvalue weighted by Crippen LogP contribution is 2.18. The number of nitrogens with one attached hydrogen (secondary N) is 1. The molecule has 0 heterocycles. The van der Waals surface area contributed by atoms with Crippen molar-refractivity contribution in [1.29, 1.82) is 0 Å². The van der Waals surface area contributed by atoms with Crippen molar-refractivity contribution in [1.82, 2.24) is 5.32 Å². The Hall–Kier alpha value is -1.66. The van der Waals surface area contributed by atoms with Gasteiger partial charge in [-0.3, -0.25) is 9.59 Å². The molecule has 0 aliphatic heterocycles. The van der Waals surface area contributed by atoms with Gasteiger partial charge in [0.2, 0.25) is 5.91 Å². The molecule has 2 unspecified atom stereocenters. The van der Waals surface area contributed by atoms with Crippen LogP contribution in [0.5, 0.6) is 0 Å². The molecule has 420 valence electrons. The number of hydrogen-bond donors (Lipinski definition) is 3. The number of unbranched alkanes of at least 4 members (excludes halogenated alkanes) is 45. The Morgan fingerprint density at radius 3 is 1.00 bits per heavy atom. The molecule has 3 N–H and O–H groups in total. The molecule has 6 heteroatoms. The molecule has 6 nitrogen and oxygen atoms in total. The zero-order valence-electron chi connectivity index (χ0n) is 48.0. The van der Waals surface area contributed by atoms with Crippen molar-refractivity contribution in [2.45, 2.75) is 366 Å². The Labute approximate surface area is 443 Å². The first-order valence-electron chi connectivity index (χ1n) is 32.1. The lowest BCUT2D eigenvalue weighted by Crippen LogP contribution is -2.45. The van der Waals surface area contributed by atoms with Gasteiger partial charge in [-0.25, -0.2) is 0 Å². The van der Waals surface area contributed by atoms with Gasteiger partial charge in [-0.2, -0.15) is 0 Å². The first-order valence-corrected chi connectivity index (χ1v) is 32.1. The molecule has 0 saturated heterocycles. The number of carbonyl (C=O) groups is 2. The molecule has 0 fully saturated rings. The first kappa shape index (κ1) is 69.3. The maximum atomic E-state index is 12.5. The molecular weight excluding hydrogens is 875 g/mol. The predicted molar refractivity (Wildman–Crippen MR) is 310 cm³/mol. The SMILES string of the molecule is CCCCCCCCC/C=C\CCCCCCCC(=O)OCCCCCCCCCCC/C=C\CCCCCCCC(=O)NC(CO)C(O)CCCCCCCCCCCCCCCCCCCCCC. The van der Waals surface area contributed by atoms with Crippen LogP contribution in [-0.2, 0) is 14.3 Å². The lowest BCUT2D eigenvalue weighted by molar-refractivity contribution is -0.143. The van der Waals surface area contributed by atoms with E-state index >= 15 is 0 Å². The van der Waals surface area contributed by atoms with Crippen LogP contribution in [-0.4, -0.2) is 47.4 Å². The second-order valence-electron chi connectivity index (χ2n) is 22.1. The summed E-state index contributed by atoms with van der Waals surface area (Å²) >= 11 is 0. The summed E-state index contributed by atoms with van der Waals surface area (Å²) in [5.74, 6) is -0.0499. The van der Waals surface area contributed by atoms with E-state index in [1.807, 2.05) is 0 Å². The van der Waals surface area contributed by atoms with Crippen LogP contribution in [0.15, 0.2) is 24.3 Å². The van der Waals surface area contributed by atoms with Crippen LogP contribution in [0.3, 0.4) is 0 Å². The number of allylic oxidation sites excluding steroid dienone is 4. The van der Waals surface area contributed by atoms with E-state index in [2.05, 4.69) is 43.5 Å². The molecule has 0 saturated carbocycles. The van der Waals surface area contributed by atoms with Gasteiger partial charge < -0.3 is 20.3 Å². The van der Waals surface area contributed by atoms with E-state index < -0.39 is 12.1 Å². The number of hydrogen-bond acceptors (Lipinski definition) is 5. The van der Waals surface area contributed by atoms with Gasteiger partial charge in [-0.15, -0.1) is 0 Å². The number of ether oxygens (including phenoxy) is 1. The molecule has 2 atom stereocenters. The summed E-state index contributed by atoms with van der Waals surface area (Å²) in [6.07, 6.45) is 74.7. The third-order valence-corrected chi connectivity index (χ3v) is 15.0. The van der Waals surface area contributed by atoms with E-state index in [-0.39, 0.29) is 18.5 Å². The summed E-state index contributed by atoms with van der Waals surface area (Å²) in [5, 5.41) is 23.4. The van der Waals surface area contributed by atoms with Crippen molar-refractivity contribution >= 4 is 11.9 Å². The second-order valence-corrected chi connectivity index (χ2v) is 22.1. The molecule has 0 bridgehead atoms. The van der Waals surface area contributed by atoms with Crippen LogP contribution in [0.1, 0.15) is 354 Å². The molecule has 0 rings (SSSR count). The molecule has 0 aliphatic carbocycles. The fraction of sp³-hybridized carbons (Fsp3) is 0.908. The van der Waals surface area contributed by atoms with E-state index in [1.54, 1.807) is 0 Å². The average molecular weight is 1000 g/mol. The lowest BCUT2D eigenvalue weighted by Gasteiger charge is -2.22. The minimum atomic E-state index is -0.674. The third-order valence-electron chi connectivity index (χ3n) is 15.0. The van der Waals surface area contributed by atoms with Crippen molar-refractivity contribution in [3.05, 3.63) is 24.3 Å². The van der Waals surface area contributed by atoms with Gasteiger partial charge in [0.15, 0.2) is 0 Å². The van der Waals surface area contributed by atoms with E-state index in [4.69, 9.17) is 4.74 Å². The first-order chi connectivity index (χ1) is 35.0. The predicted octanol–water partition coefficient (Wildman–Crippen LogP) is 20.2. The fourth-order valence-electron chi connectivity index (χ4n) is 10.0. The molecule has 0 spiro atoms. The van der Waals surface area contributed by atoms with Gasteiger partial charge in [-0.1, -0.05) is 289 Å². The van der Waals surface area contributed by atoms with Gasteiger partial charge in [0.25, 0.3) is 0 Å². The smallest absolute Gasteiger partial charge is 0.305 e. The van der Waals surface area contributed by atoms with Crippen LogP contribution in [0.2, 0.25) is 0 Å². The number of rotatable bonds is 60. The van der Waals surface area contributed by atoms with Crippen molar-refractivity contribution in [3.63, 3.8) is 0 Å². The molecule has 71 heavy (non-hydrogen) atoms. The van der Waals surface area contributed by atoms with Crippen LogP contribution in [0, 0.1) is 0 Å². The van der Waals surface area contributed by atoms with Crippen molar-refractivity contribution < 1.29 is 24.5 Å². The molecular formula is C65H125NO5. The topological polar surface area (TPSA) is 95.9 Å². The Balaban J connectivity index is 3.44. The summed E-state index contributed by atoms with van der Waals surface area (Å²) in [5.41, 5.74) is 0. The van der Waals surface area contributed by atoms with Gasteiger partial charge >= 0.3 is 5.97 Å². The Morgan fingerprint density at radius 2 is 0.662 bits per heavy atom. The van der Waals surface area contributed by atoms with Crippen molar-refractivity contribution in [3.8, 4) is 0 Å². The molecule has 0 aliphatic rings. The van der Waals surface area contributed by atoms with E-state index in [0.717, 1.165) is 57.8 Å². The summed E-state index contributed by atoms with van der Waals surface area (Å²) < 4.78 is 5.48. The zero-order valence-corrected chi connectivity index (χ0v) is 48.0. The molecule has 0 aromatic rings. The summed E-state index contributed by atoms with van der Waals surface area (Å²) in [7, 11) is 0. The Bertz CT molecular complexity index is 1110. The standard InChI is InChI=1S/C65H125NO5/c1-3-5-7-9-11-13-15-17-19-21-22-23-26-29-33-37-41-45-49-53-57-63(68)62(61-67)66-64(69)58-54-50-46-42-38-34-30-27-24-25-28-32-36-40-44-48-52-56-60-71-65(70)59-55-51-47-43-39-35-31-20-18-16-14-12-10-8-6-4-2/h20,27,30-31,62-63,67-68H,3-19,21-26,28-29,32-61H2,1-2H3,(H,66,69)/b30-27-,31-20-. The fourth-order valence-corrected chi connectivity index (χ4v) is 10.0. The highest BCUT2D eigenvalue weighted by Gasteiger charge is 2.20. The van der Waals surface area contributed by atoms with E-state index in [1.165, 1.54) is 263 Å². The molecule has 0 radical (unpaired) electrons. The number of amides is 1. The number of carbonyl (C=O) groups excluding carboxylic acids is 2. The Morgan fingerprint density at radius 1 is 0.380 bits per heavy atom. The quantitative estimate of drug-likeness (QED) is 0.0320. The summed E-state index contributed by atoms with van der Waals surface area (Å²) in [6, 6.07) is -0.552. The maximum absolute atomic E-state index is 12.5. The van der Waals surface area contributed by atoms with Crippen LogP contribution >= 0.6 is 0 Å². The molecule has 0 aromatic carbocycles. The van der Waals surface area contributed by atoms with Crippen LogP contribution < -0.4 is 5.32 Å². The highest BCUT2D eigenvalue weighted by molar-refractivity contribution is 5.76. The highest BCUT2D eigenvalue weighted by atomic mass is 16.5. The number of esters is 1. The summed E-state index contributed by atoms with van der Waals surface area (Å²) in [6.45, 7) is 4.96.